The summed E-state index contributed by atoms with van der Waals surface area (Å²) >= 11 is 0. The second-order valence-corrected chi connectivity index (χ2v) is 9.38. The molecule has 0 amide bonds. The molecule has 3 aliphatic rings. The quantitative estimate of drug-likeness (QED) is 0.590. The summed E-state index contributed by atoms with van der Waals surface area (Å²) in [6.07, 6.45) is 3.59. The van der Waals surface area contributed by atoms with Gasteiger partial charge in [0.05, 0.1) is 0 Å². The Labute approximate surface area is 180 Å². The summed E-state index contributed by atoms with van der Waals surface area (Å²) in [6.45, 7) is 5.57. The Hall–Kier alpha value is -2.33. The number of hydrogen-bond acceptors (Lipinski definition) is 2. The van der Waals surface area contributed by atoms with E-state index in [1.807, 2.05) is 7.05 Å². The Kier molecular flexibility index (Phi) is 5.51. The molecule has 2 aliphatic carbocycles. The lowest BCUT2D eigenvalue weighted by molar-refractivity contribution is 0.134. The van der Waals surface area contributed by atoms with E-state index in [1.165, 1.54) is 18.4 Å². The van der Waals surface area contributed by atoms with Crippen LogP contribution in [0.15, 0.2) is 59.6 Å². The van der Waals surface area contributed by atoms with E-state index < -0.39 is 0 Å². The number of guanidine groups is 1. The van der Waals surface area contributed by atoms with E-state index in [0.29, 0.717) is 12.1 Å². The van der Waals surface area contributed by atoms with Crippen molar-refractivity contribution in [3.8, 4) is 0 Å². The molecule has 1 heterocycles. The summed E-state index contributed by atoms with van der Waals surface area (Å²) in [5.41, 5.74) is 4.57. The van der Waals surface area contributed by atoms with Crippen molar-refractivity contribution in [3.05, 3.63) is 71.3 Å². The van der Waals surface area contributed by atoms with Gasteiger partial charge in [0.1, 0.15) is 0 Å². The van der Waals surface area contributed by atoms with Gasteiger partial charge in [0.25, 0.3) is 0 Å². The number of likely N-dealkylation sites (tertiary alicyclic amines) is 1. The van der Waals surface area contributed by atoms with Gasteiger partial charge >= 0.3 is 0 Å². The van der Waals surface area contributed by atoms with Crippen LogP contribution in [0, 0.1) is 11.8 Å². The van der Waals surface area contributed by atoms with Crippen LogP contribution in [0.25, 0.3) is 0 Å². The molecule has 2 fully saturated rings. The third-order valence-corrected chi connectivity index (χ3v) is 7.51. The molecule has 0 spiro atoms. The number of piperidine rings is 1. The number of nitrogens with zero attached hydrogens (tertiary/aromatic N) is 2. The Morgan fingerprint density at radius 2 is 1.90 bits per heavy atom. The fourth-order valence-electron chi connectivity index (χ4n) is 5.77. The van der Waals surface area contributed by atoms with Crippen LogP contribution in [-0.2, 0) is 13.0 Å². The SMILES string of the molecule is CN=C(NCC1C2Cc3ccccc3C12)NC1CCN(Cc2ccccc2)C(C)C1. The van der Waals surface area contributed by atoms with Crippen molar-refractivity contribution in [2.45, 2.75) is 50.7 Å². The Morgan fingerprint density at radius 1 is 1.10 bits per heavy atom. The highest BCUT2D eigenvalue weighted by Crippen LogP contribution is 2.60. The molecule has 5 unspecified atom stereocenters. The molecule has 4 nitrogen and oxygen atoms in total. The molecular weight excluding hydrogens is 368 g/mol. The summed E-state index contributed by atoms with van der Waals surface area (Å²) < 4.78 is 0. The van der Waals surface area contributed by atoms with Crippen LogP contribution in [0.3, 0.4) is 0 Å². The van der Waals surface area contributed by atoms with Gasteiger partial charge in [-0.3, -0.25) is 9.89 Å². The molecule has 2 N–H and O–H groups in total. The first-order valence-electron chi connectivity index (χ1n) is 11.6. The van der Waals surface area contributed by atoms with E-state index in [1.54, 1.807) is 11.1 Å². The lowest BCUT2D eigenvalue weighted by Crippen LogP contribution is -2.51. The Morgan fingerprint density at radius 3 is 2.70 bits per heavy atom. The molecule has 158 valence electrons. The van der Waals surface area contributed by atoms with Crippen LogP contribution in [0.4, 0.5) is 0 Å². The zero-order valence-corrected chi connectivity index (χ0v) is 18.2. The summed E-state index contributed by atoms with van der Waals surface area (Å²) in [6, 6.07) is 20.9. The van der Waals surface area contributed by atoms with Crippen molar-refractivity contribution in [2.75, 3.05) is 20.1 Å². The number of fused-ring (bicyclic) bond motifs is 3. The van der Waals surface area contributed by atoms with Gasteiger partial charge < -0.3 is 10.6 Å². The number of hydrogen-bond donors (Lipinski definition) is 2. The van der Waals surface area contributed by atoms with Gasteiger partial charge in [0, 0.05) is 38.8 Å². The minimum Gasteiger partial charge on any atom is -0.356 e. The van der Waals surface area contributed by atoms with Crippen LogP contribution in [0.1, 0.15) is 42.4 Å². The minimum absolute atomic E-state index is 0.498. The molecular formula is C26H34N4. The zero-order valence-electron chi connectivity index (χ0n) is 18.2. The minimum atomic E-state index is 0.498. The lowest BCUT2D eigenvalue weighted by atomic mass is 9.97. The zero-order chi connectivity index (χ0) is 20.5. The maximum atomic E-state index is 4.51. The first-order valence-corrected chi connectivity index (χ1v) is 11.6. The molecule has 5 rings (SSSR count). The molecule has 0 radical (unpaired) electrons. The van der Waals surface area contributed by atoms with Crippen LogP contribution in [0.2, 0.25) is 0 Å². The van der Waals surface area contributed by atoms with E-state index in [2.05, 4.69) is 82.0 Å². The predicted octanol–water partition coefficient (Wildman–Crippen LogP) is 3.79. The van der Waals surface area contributed by atoms with Crippen LogP contribution >= 0.6 is 0 Å². The van der Waals surface area contributed by atoms with Crippen LogP contribution in [0.5, 0.6) is 0 Å². The molecule has 0 bridgehead atoms. The predicted molar refractivity (Wildman–Crippen MR) is 124 cm³/mol. The van der Waals surface area contributed by atoms with Crippen molar-refractivity contribution in [3.63, 3.8) is 0 Å². The summed E-state index contributed by atoms with van der Waals surface area (Å²) in [7, 11) is 1.90. The van der Waals surface area contributed by atoms with Gasteiger partial charge in [-0.15, -0.1) is 0 Å². The molecule has 4 heteroatoms. The van der Waals surface area contributed by atoms with Gasteiger partial charge in [-0.25, -0.2) is 0 Å². The fourth-order valence-corrected chi connectivity index (χ4v) is 5.77. The molecule has 30 heavy (non-hydrogen) atoms. The highest BCUT2D eigenvalue weighted by Gasteiger charge is 2.54. The lowest BCUT2D eigenvalue weighted by Gasteiger charge is -2.38. The van der Waals surface area contributed by atoms with E-state index in [0.717, 1.165) is 49.8 Å². The highest BCUT2D eigenvalue weighted by atomic mass is 15.2. The molecule has 1 aliphatic heterocycles. The van der Waals surface area contributed by atoms with Gasteiger partial charge in [0.2, 0.25) is 0 Å². The second-order valence-electron chi connectivity index (χ2n) is 9.38. The third kappa shape index (κ3) is 3.98. The number of nitrogens with one attached hydrogen (secondary N) is 2. The molecule has 1 saturated heterocycles. The van der Waals surface area contributed by atoms with Gasteiger partial charge in [-0.05, 0) is 60.6 Å². The maximum Gasteiger partial charge on any atom is 0.191 e. The number of aliphatic imine (C=N–C) groups is 1. The Balaban J connectivity index is 1.09. The highest BCUT2D eigenvalue weighted by molar-refractivity contribution is 5.80. The first kappa shape index (κ1) is 19.6. The van der Waals surface area contributed by atoms with Gasteiger partial charge in [-0.1, -0.05) is 54.6 Å². The van der Waals surface area contributed by atoms with Crippen LogP contribution < -0.4 is 10.6 Å². The van der Waals surface area contributed by atoms with Gasteiger partial charge in [0.15, 0.2) is 5.96 Å². The van der Waals surface area contributed by atoms with Crippen molar-refractivity contribution < 1.29 is 0 Å². The van der Waals surface area contributed by atoms with E-state index >= 15 is 0 Å². The molecule has 1 saturated carbocycles. The van der Waals surface area contributed by atoms with E-state index in [-0.39, 0.29) is 0 Å². The fraction of sp³-hybridized carbons (Fsp3) is 0.500. The smallest absolute Gasteiger partial charge is 0.191 e. The topological polar surface area (TPSA) is 39.7 Å². The van der Waals surface area contributed by atoms with Crippen molar-refractivity contribution >= 4 is 5.96 Å². The van der Waals surface area contributed by atoms with E-state index in [9.17, 15) is 0 Å². The number of rotatable bonds is 5. The normalized spacial score (nSPS) is 30.5. The summed E-state index contributed by atoms with van der Waals surface area (Å²) in [4.78, 5) is 7.12. The monoisotopic (exact) mass is 402 g/mol. The van der Waals surface area contributed by atoms with Crippen molar-refractivity contribution in [1.29, 1.82) is 0 Å². The maximum absolute atomic E-state index is 4.51. The molecule has 2 aromatic carbocycles. The van der Waals surface area contributed by atoms with Crippen molar-refractivity contribution in [1.82, 2.24) is 15.5 Å². The number of benzene rings is 2. The largest absolute Gasteiger partial charge is 0.356 e. The summed E-state index contributed by atoms with van der Waals surface area (Å²) in [5.74, 6) is 3.36. The Bertz CT molecular complexity index is 893. The average Bonchev–Trinajstić information content (AvgIpc) is 3.31. The summed E-state index contributed by atoms with van der Waals surface area (Å²) in [5, 5.41) is 7.33. The molecule has 0 aromatic heterocycles. The standard InChI is InChI=1S/C26H34N4/c1-18-14-21(12-13-30(18)17-19-8-4-3-5-9-19)29-26(27-2)28-16-24-23-15-20-10-6-7-11-22(20)25(23)24/h3-11,18,21,23-25H,12-17H2,1-2H3,(H2,27,28,29). The average molecular weight is 403 g/mol. The second kappa shape index (κ2) is 8.43. The molecule has 2 aromatic rings. The van der Waals surface area contributed by atoms with Crippen LogP contribution in [-0.4, -0.2) is 43.1 Å². The first-order chi connectivity index (χ1) is 14.7. The van der Waals surface area contributed by atoms with E-state index in [4.69, 9.17) is 0 Å². The van der Waals surface area contributed by atoms with Gasteiger partial charge in [-0.2, -0.15) is 0 Å². The molecule has 5 atom stereocenters. The third-order valence-electron chi connectivity index (χ3n) is 7.51. The van der Waals surface area contributed by atoms with Crippen molar-refractivity contribution in [2.24, 2.45) is 16.8 Å².